The highest BCUT2D eigenvalue weighted by Crippen LogP contribution is 2.33. The van der Waals surface area contributed by atoms with Crippen molar-refractivity contribution in [2.24, 2.45) is 0 Å². The molecule has 0 aliphatic carbocycles. The van der Waals surface area contributed by atoms with E-state index in [2.05, 4.69) is 0 Å². The SMILES string of the molecule is CCOC(=O)C1=CC(=O)N(C(C)=O)C1(C#N)C(=O)OCC. The van der Waals surface area contributed by atoms with Crippen molar-refractivity contribution in [2.45, 2.75) is 26.3 Å². The van der Waals surface area contributed by atoms with Gasteiger partial charge >= 0.3 is 11.9 Å². The second-order valence-electron chi connectivity index (χ2n) is 4.01. The van der Waals surface area contributed by atoms with E-state index in [1.54, 1.807) is 6.07 Å². The van der Waals surface area contributed by atoms with Crippen molar-refractivity contribution < 1.29 is 28.7 Å². The average molecular weight is 294 g/mol. The van der Waals surface area contributed by atoms with Crippen LogP contribution in [-0.4, -0.2) is 47.4 Å². The zero-order valence-corrected chi connectivity index (χ0v) is 11.8. The lowest BCUT2D eigenvalue weighted by molar-refractivity contribution is -0.161. The molecule has 0 saturated heterocycles. The minimum absolute atomic E-state index is 0.0191. The Bertz CT molecular complexity index is 574. The summed E-state index contributed by atoms with van der Waals surface area (Å²) in [7, 11) is 0. The van der Waals surface area contributed by atoms with Crippen LogP contribution >= 0.6 is 0 Å². The molecule has 1 atom stereocenters. The molecule has 0 saturated carbocycles. The van der Waals surface area contributed by atoms with E-state index in [0.717, 1.165) is 13.0 Å². The van der Waals surface area contributed by atoms with Crippen LogP contribution in [0, 0.1) is 11.3 Å². The van der Waals surface area contributed by atoms with Crippen LogP contribution in [0.5, 0.6) is 0 Å². The second-order valence-corrected chi connectivity index (χ2v) is 4.01. The first kappa shape index (κ1) is 16.4. The monoisotopic (exact) mass is 294 g/mol. The van der Waals surface area contributed by atoms with Crippen LogP contribution in [0.2, 0.25) is 0 Å². The normalized spacial score (nSPS) is 20.6. The molecule has 0 aromatic carbocycles. The van der Waals surface area contributed by atoms with Crippen LogP contribution in [-0.2, 0) is 28.7 Å². The van der Waals surface area contributed by atoms with E-state index in [1.165, 1.54) is 13.8 Å². The summed E-state index contributed by atoms with van der Waals surface area (Å²) >= 11 is 0. The zero-order valence-electron chi connectivity index (χ0n) is 11.8. The molecule has 1 unspecified atom stereocenters. The van der Waals surface area contributed by atoms with Crippen LogP contribution < -0.4 is 0 Å². The summed E-state index contributed by atoms with van der Waals surface area (Å²) in [5.41, 5.74) is -2.96. The third-order valence-electron chi connectivity index (χ3n) is 2.76. The summed E-state index contributed by atoms with van der Waals surface area (Å²) in [6.07, 6.45) is 0.750. The molecule has 1 aliphatic heterocycles. The standard InChI is InChI=1S/C13H14N2O6/c1-4-20-11(18)9-6-10(17)15(8(3)16)13(9,7-14)12(19)21-5-2/h6H,4-5H2,1-3H3. The van der Waals surface area contributed by atoms with Crippen LogP contribution in [0.15, 0.2) is 11.6 Å². The molecule has 0 bridgehead atoms. The van der Waals surface area contributed by atoms with Crippen LogP contribution in [0.4, 0.5) is 0 Å². The lowest BCUT2D eigenvalue weighted by atomic mass is 9.92. The molecule has 8 nitrogen and oxygen atoms in total. The number of nitrogens with zero attached hydrogens (tertiary/aromatic N) is 2. The average Bonchev–Trinajstić information content (AvgIpc) is 2.73. The van der Waals surface area contributed by atoms with Gasteiger partial charge in [0.15, 0.2) is 0 Å². The number of ether oxygens (including phenoxy) is 2. The second kappa shape index (κ2) is 6.17. The van der Waals surface area contributed by atoms with Crippen molar-refractivity contribution in [1.29, 1.82) is 5.26 Å². The topological polar surface area (TPSA) is 114 Å². The molecule has 0 fully saturated rings. The third-order valence-corrected chi connectivity index (χ3v) is 2.76. The van der Waals surface area contributed by atoms with Crippen molar-refractivity contribution in [3.63, 3.8) is 0 Å². The molecular weight excluding hydrogens is 280 g/mol. The molecule has 0 spiro atoms. The van der Waals surface area contributed by atoms with Crippen molar-refractivity contribution in [3.8, 4) is 6.07 Å². The first-order valence-electron chi connectivity index (χ1n) is 6.19. The van der Waals surface area contributed by atoms with Gasteiger partial charge in [-0.15, -0.1) is 0 Å². The van der Waals surface area contributed by atoms with Gasteiger partial charge in [0, 0.05) is 13.0 Å². The van der Waals surface area contributed by atoms with Gasteiger partial charge in [0.05, 0.1) is 18.8 Å². The van der Waals surface area contributed by atoms with E-state index in [1.807, 2.05) is 0 Å². The van der Waals surface area contributed by atoms with E-state index in [9.17, 15) is 24.4 Å². The summed E-state index contributed by atoms with van der Waals surface area (Å²) in [4.78, 5) is 47.9. The predicted molar refractivity (Wildman–Crippen MR) is 67.2 cm³/mol. The highest BCUT2D eigenvalue weighted by Gasteiger charge is 2.60. The number of imide groups is 1. The maximum absolute atomic E-state index is 12.1. The Hall–Kier alpha value is -2.69. The van der Waals surface area contributed by atoms with Gasteiger partial charge in [0.2, 0.25) is 5.91 Å². The Morgan fingerprint density at radius 1 is 1.29 bits per heavy atom. The van der Waals surface area contributed by atoms with E-state index in [0.29, 0.717) is 4.90 Å². The summed E-state index contributed by atoms with van der Waals surface area (Å²) in [5, 5.41) is 9.39. The highest BCUT2D eigenvalue weighted by molar-refractivity contribution is 6.19. The molecule has 0 aromatic heterocycles. The fraction of sp³-hybridized carbons (Fsp3) is 0.462. The molecule has 1 heterocycles. The molecule has 2 amide bonds. The molecular formula is C13H14N2O6. The molecule has 1 aliphatic rings. The maximum atomic E-state index is 12.1. The van der Waals surface area contributed by atoms with Gasteiger partial charge < -0.3 is 9.47 Å². The molecule has 0 N–H and O–H groups in total. The van der Waals surface area contributed by atoms with Crippen LogP contribution in [0.1, 0.15) is 20.8 Å². The van der Waals surface area contributed by atoms with Gasteiger partial charge in [-0.05, 0) is 13.8 Å². The molecule has 0 aromatic rings. The number of hydrogen-bond acceptors (Lipinski definition) is 7. The van der Waals surface area contributed by atoms with Crippen LogP contribution in [0.3, 0.4) is 0 Å². The summed E-state index contributed by atoms with van der Waals surface area (Å²) in [5.74, 6) is -4.00. The number of rotatable bonds is 4. The summed E-state index contributed by atoms with van der Waals surface area (Å²) < 4.78 is 9.48. The highest BCUT2D eigenvalue weighted by atomic mass is 16.5. The van der Waals surface area contributed by atoms with E-state index < -0.39 is 34.9 Å². The molecule has 8 heteroatoms. The van der Waals surface area contributed by atoms with Gasteiger partial charge in [0.25, 0.3) is 11.4 Å². The summed E-state index contributed by atoms with van der Waals surface area (Å²) in [6, 6.07) is 1.55. The number of nitriles is 1. The van der Waals surface area contributed by atoms with Gasteiger partial charge in [0.1, 0.15) is 6.07 Å². The molecule has 21 heavy (non-hydrogen) atoms. The Kier molecular flexibility index (Phi) is 4.81. The molecule has 0 radical (unpaired) electrons. The number of carbonyl (C=O) groups is 4. The first-order valence-corrected chi connectivity index (χ1v) is 6.19. The largest absolute Gasteiger partial charge is 0.463 e. The fourth-order valence-electron chi connectivity index (χ4n) is 1.98. The maximum Gasteiger partial charge on any atom is 0.352 e. The van der Waals surface area contributed by atoms with Gasteiger partial charge in [-0.2, -0.15) is 5.26 Å². The van der Waals surface area contributed by atoms with Gasteiger partial charge in [-0.3, -0.25) is 9.59 Å². The number of carbonyl (C=O) groups excluding carboxylic acids is 4. The fourth-order valence-corrected chi connectivity index (χ4v) is 1.98. The first-order chi connectivity index (χ1) is 9.86. The number of hydrogen-bond donors (Lipinski definition) is 0. The molecule has 1 rings (SSSR count). The van der Waals surface area contributed by atoms with Crippen LogP contribution in [0.25, 0.3) is 0 Å². The van der Waals surface area contributed by atoms with Crippen molar-refractivity contribution in [2.75, 3.05) is 13.2 Å². The molecule has 112 valence electrons. The quantitative estimate of drug-likeness (QED) is 0.653. The minimum atomic E-state index is -2.44. The van der Waals surface area contributed by atoms with Gasteiger partial charge in [-0.25, -0.2) is 14.5 Å². The third kappa shape index (κ3) is 2.50. The van der Waals surface area contributed by atoms with Gasteiger partial charge in [-0.1, -0.05) is 0 Å². The lowest BCUT2D eigenvalue weighted by Crippen LogP contribution is -2.57. The Balaban J connectivity index is 3.47. The van der Waals surface area contributed by atoms with E-state index in [4.69, 9.17) is 9.47 Å². The predicted octanol–water partition coefficient (Wildman–Crippen LogP) is -0.310. The number of esters is 2. The van der Waals surface area contributed by atoms with Crippen molar-refractivity contribution >= 4 is 23.8 Å². The van der Waals surface area contributed by atoms with E-state index >= 15 is 0 Å². The zero-order chi connectivity index (χ0) is 16.2. The minimum Gasteiger partial charge on any atom is -0.463 e. The summed E-state index contributed by atoms with van der Waals surface area (Å²) in [6.45, 7) is 3.92. The Labute approximate surface area is 120 Å². The Morgan fingerprint density at radius 2 is 1.86 bits per heavy atom. The smallest absolute Gasteiger partial charge is 0.352 e. The van der Waals surface area contributed by atoms with Crippen molar-refractivity contribution in [3.05, 3.63) is 11.6 Å². The van der Waals surface area contributed by atoms with E-state index in [-0.39, 0.29) is 13.2 Å². The van der Waals surface area contributed by atoms with Crippen molar-refractivity contribution in [1.82, 2.24) is 4.90 Å². The lowest BCUT2D eigenvalue weighted by Gasteiger charge is -2.29. The number of amides is 2. The Morgan fingerprint density at radius 3 is 2.29 bits per heavy atom.